The Labute approximate surface area is 185 Å². The van der Waals surface area contributed by atoms with Crippen molar-refractivity contribution in [3.05, 3.63) is 60.7 Å². The Morgan fingerprint density at radius 3 is 2.50 bits per heavy atom. The first-order valence-electron chi connectivity index (χ1n) is 10.4. The van der Waals surface area contributed by atoms with E-state index in [0.29, 0.717) is 30.6 Å². The van der Waals surface area contributed by atoms with Crippen LogP contribution < -0.4 is 10.6 Å². The summed E-state index contributed by atoms with van der Waals surface area (Å²) < 4.78 is 0. The van der Waals surface area contributed by atoms with Crippen molar-refractivity contribution in [3.63, 3.8) is 0 Å². The maximum absolute atomic E-state index is 11.1. The van der Waals surface area contributed by atoms with Crippen LogP contribution in [-0.2, 0) is 0 Å². The van der Waals surface area contributed by atoms with E-state index in [-0.39, 0.29) is 5.69 Å². The van der Waals surface area contributed by atoms with Gasteiger partial charge in [-0.3, -0.25) is 0 Å². The summed E-state index contributed by atoms with van der Waals surface area (Å²) in [5.41, 5.74) is 3.20. The van der Waals surface area contributed by atoms with Gasteiger partial charge in [0.1, 0.15) is 17.7 Å². The molecule has 32 heavy (non-hydrogen) atoms. The average Bonchev–Trinajstić information content (AvgIpc) is 2.84. The third-order valence-electron chi connectivity index (χ3n) is 5.48. The van der Waals surface area contributed by atoms with Gasteiger partial charge in [0.05, 0.1) is 12.4 Å². The molecular formula is C23H23N7O2. The van der Waals surface area contributed by atoms with Gasteiger partial charge < -0.3 is 20.6 Å². The summed E-state index contributed by atoms with van der Waals surface area (Å²) in [5, 5.41) is 24.7. The average molecular weight is 429 g/mol. The number of benzene rings is 1. The fourth-order valence-electron chi connectivity index (χ4n) is 3.68. The third kappa shape index (κ3) is 5.10. The summed E-state index contributed by atoms with van der Waals surface area (Å²) in [4.78, 5) is 25.3. The Bertz CT molecular complexity index is 1110. The number of nitrogens with zero attached hydrogens (tertiary/aromatic N) is 5. The second-order valence-electron chi connectivity index (χ2n) is 7.60. The minimum Gasteiger partial charge on any atom is -0.465 e. The van der Waals surface area contributed by atoms with Crippen LogP contribution in [0.5, 0.6) is 0 Å². The van der Waals surface area contributed by atoms with Crippen molar-refractivity contribution >= 4 is 23.4 Å². The SMILES string of the molecule is N#Cc1cnc(Nc2cc(NCC3CCN(C(=O)O)CC3)c(-c3ccccc3)cn2)cn1. The van der Waals surface area contributed by atoms with Gasteiger partial charge in [-0.25, -0.2) is 19.7 Å². The highest BCUT2D eigenvalue weighted by Crippen LogP contribution is 2.30. The number of nitrogens with one attached hydrogen (secondary N) is 2. The first-order valence-corrected chi connectivity index (χ1v) is 10.4. The molecule has 1 amide bonds. The Balaban J connectivity index is 1.51. The number of hydrogen-bond acceptors (Lipinski definition) is 7. The predicted octanol–water partition coefficient (Wildman–Crippen LogP) is 3.96. The zero-order chi connectivity index (χ0) is 22.3. The molecule has 2 aromatic heterocycles. The number of anilines is 3. The molecule has 4 rings (SSSR count). The standard InChI is InChI=1S/C23H23N7O2/c24-11-18-13-27-22(15-25-18)29-21-10-20(19(14-28-21)17-4-2-1-3-5-17)26-12-16-6-8-30(9-7-16)23(31)32/h1-5,10,13-16H,6-9,12H2,(H,31,32)(H2,26,27,28,29). The van der Waals surface area contributed by atoms with E-state index in [9.17, 15) is 4.79 Å². The smallest absolute Gasteiger partial charge is 0.407 e. The Kier molecular flexibility index (Phi) is 6.41. The minimum absolute atomic E-state index is 0.249. The van der Waals surface area contributed by atoms with Crippen LogP contribution >= 0.6 is 0 Å². The normalized spacial score (nSPS) is 13.9. The molecule has 0 bridgehead atoms. The van der Waals surface area contributed by atoms with Gasteiger partial charge >= 0.3 is 6.09 Å². The van der Waals surface area contributed by atoms with Crippen LogP contribution in [0.1, 0.15) is 18.5 Å². The topological polar surface area (TPSA) is 127 Å². The largest absolute Gasteiger partial charge is 0.465 e. The zero-order valence-electron chi connectivity index (χ0n) is 17.4. The summed E-state index contributed by atoms with van der Waals surface area (Å²) in [6.07, 6.45) is 5.52. The first kappa shape index (κ1) is 21.1. The molecule has 1 aromatic carbocycles. The molecule has 0 aliphatic carbocycles. The number of amides is 1. The van der Waals surface area contributed by atoms with Crippen molar-refractivity contribution in [2.24, 2.45) is 5.92 Å². The molecular weight excluding hydrogens is 406 g/mol. The van der Waals surface area contributed by atoms with Gasteiger partial charge in [0.15, 0.2) is 5.69 Å². The van der Waals surface area contributed by atoms with Gasteiger partial charge in [-0.2, -0.15) is 5.26 Å². The number of rotatable bonds is 6. The minimum atomic E-state index is -0.849. The lowest BCUT2D eigenvalue weighted by Gasteiger charge is -2.30. The molecule has 9 heteroatoms. The van der Waals surface area contributed by atoms with E-state index in [4.69, 9.17) is 10.4 Å². The third-order valence-corrected chi connectivity index (χ3v) is 5.48. The monoisotopic (exact) mass is 429 g/mol. The van der Waals surface area contributed by atoms with Gasteiger partial charge in [-0.15, -0.1) is 0 Å². The molecule has 1 aliphatic heterocycles. The summed E-state index contributed by atoms with van der Waals surface area (Å²) in [5.74, 6) is 1.49. The Morgan fingerprint density at radius 2 is 1.84 bits per heavy atom. The number of hydrogen-bond donors (Lipinski definition) is 3. The highest BCUT2D eigenvalue weighted by Gasteiger charge is 2.22. The van der Waals surface area contributed by atoms with Crippen molar-refractivity contribution in [1.29, 1.82) is 5.26 Å². The van der Waals surface area contributed by atoms with E-state index in [0.717, 1.165) is 36.2 Å². The van der Waals surface area contributed by atoms with Crippen molar-refractivity contribution in [2.75, 3.05) is 30.3 Å². The molecule has 3 heterocycles. The van der Waals surface area contributed by atoms with Crippen molar-refractivity contribution in [3.8, 4) is 17.2 Å². The van der Waals surface area contributed by atoms with Gasteiger partial charge in [0.25, 0.3) is 0 Å². The number of carbonyl (C=O) groups is 1. The molecule has 0 radical (unpaired) electrons. The molecule has 0 unspecified atom stereocenters. The zero-order valence-corrected chi connectivity index (χ0v) is 17.4. The van der Waals surface area contributed by atoms with Gasteiger partial charge in [-0.05, 0) is 24.3 Å². The van der Waals surface area contributed by atoms with Gasteiger partial charge in [-0.1, -0.05) is 30.3 Å². The van der Waals surface area contributed by atoms with Crippen LogP contribution in [0.4, 0.5) is 22.1 Å². The second-order valence-corrected chi connectivity index (χ2v) is 7.60. The number of pyridine rings is 1. The van der Waals surface area contributed by atoms with Crippen LogP contribution in [0.2, 0.25) is 0 Å². The quantitative estimate of drug-likeness (QED) is 0.537. The molecule has 162 valence electrons. The Morgan fingerprint density at radius 1 is 1.09 bits per heavy atom. The van der Waals surface area contributed by atoms with Crippen molar-refractivity contribution < 1.29 is 9.90 Å². The lowest BCUT2D eigenvalue weighted by atomic mass is 9.96. The fraction of sp³-hybridized carbons (Fsp3) is 0.261. The number of nitriles is 1. The predicted molar refractivity (Wildman–Crippen MR) is 121 cm³/mol. The van der Waals surface area contributed by atoms with E-state index in [1.54, 1.807) is 0 Å². The van der Waals surface area contributed by atoms with E-state index < -0.39 is 6.09 Å². The number of piperidine rings is 1. The molecule has 1 fully saturated rings. The van der Waals surface area contributed by atoms with E-state index in [1.807, 2.05) is 48.7 Å². The highest BCUT2D eigenvalue weighted by atomic mass is 16.4. The van der Waals surface area contributed by atoms with Crippen molar-refractivity contribution in [2.45, 2.75) is 12.8 Å². The maximum atomic E-state index is 11.1. The van der Waals surface area contributed by atoms with Crippen LogP contribution in [0, 0.1) is 17.2 Å². The van der Waals surface area contributed by atoms with E-state index >= 15 is 0 Å². The summed E-state index contributed by atoms with van der Waals surface area (Å²) in [6.45, 7) is 1.87. The van der Waals surface area contributed by atoms with E-state index in [1.165, 1.54) is 17.3 Å². The van der Waals surface area contributed by atoms with E-state index in [2.05, 4.69) is 25.6 Å². The lowest BCUT2D eigenvalue weighted by Crippen LogP contribution is -2.39. The molecule has 1 saturated heterocycles. The highest BCUT2D eigenvalue weighted by molar-refractivity contribution is 5.79. The molecule has 0 atom stereocenters. The summed E-state index contributed by atoms with van der Waals surface area (Å²) >= 11 is 0. The molecule has 0 saturated carbocycles. The molecule has 3 aromatic rings. The first-order chi connectivity index (χ1) is 15.6. The lowest BCUT2D eigenvalue weighted by molar-refractivity contribution is 0.126. The summed E-state index contributed by atoms with van der Waals surface area (Å²) in [6, 6.07) is 13.9. The van der Waals surface area contributed by atoms with Gasteiger partial charge in [0, 0.05) is 43.1 Å². The molecule has 1 aliphatic rings. The van der Waals surface area contributed by atoms with Crippen LogP contribution in [0.3, 0.4) is 0 Å². The van der Waals surface area contributed by atoms with Crippen LogP contribution in [0.25, 0.3) is 11.1 Å². The Hall–Kier alpha value is -4.19. The molecule has 0 spiro atoms. The molecule has 9 nitrogen and oxygen atoms in total. The molecule has 3 N–H and O–H groups in total. The van der Waals surface area contributed by atoms with Crippen molar-refractivity contribution in [1.82, 2.24) is 19.9 Å². The second kappa shape index (κ2) is 9.75. The van der Waals surface area contributed by atoms with Crippen LogP contribution in [0.15, 0.2) is 55.0 Å². The number of likely N-dealkylation sites (tertiary alicyclic amines) is 1. The number of carboxylic acid groups (broad SMARTS) is 1. The van der Waals surface area contributed by atoms with Crippen LogP contribution in [-0.4, -0.2) is 50.7 Å². The fourth-order valence-corrected chi connectivity index (χ4v) is 3.68. The maximum Gasteiger partial charge on any atom is 0.407 e. The van der Waals surface area contributed by atoms with Gasteiger partial charge in [0.2, 0.25) is 0 Å². The number of aromatic nitrogens is 3. The summed E-state index contributed by atoms with van der Waals surface area (Å²) in [7, 11) is 0.